The molecule has 0 spiro atoms. The van der Waals surface area contributed by atoms with Crippen LogP contribution in [0.15, 0.2) is 53.6 Å². The van der Waals surface area contributed by atoms with E-state index in [1.54, 1.807) is 18.0 Å². The summed E-state index contributed by atoms with van der Waals surface area (Å²) in [4.78, 5) is 12.1. The highest BCUT2D eigenvalue weighted by molar-refractivity contribution is 7.99. The quantitative estimate of drug-likeness (QED) is 0.411. The summed E-state index contributed by atoms with van der Waals surface area (Å²) in [6.07, 6.45) is 1.73. The van der Waals surface area contributed by atoms with Crippen LogP contribution in [-0.2, 0) is 10.5 Å². The van der Waals surface area contributed by atoms with Crippen molar-refractivity contribution >= 4 is 23.9 Å². The number of benzene rings is 2. The molecule has 1 N–H and O–H groups in total. The molecule has 0 bridgehead atoms. The zero-order valence-corrected chi connectivity index (χ0v) is 19.1. The fraction of sp³-hybridized carbons (Fsp3) is 0.280. The van der Waals surface area contributed by atoms with Gasteiger partial charge >= 0.3 is 0 Å². The zero-order valence-electron chi connectivity index (χ0n) is 18.3. The summed E-state index contributed by atoms with van der Waals surface area (Å²) in [7, 11) is 0. The molecule has 30 heavy (non-hydrogen) atoms. The second kappa shape index (κ2) is 9.81. The van der Waals surface area contributed by atoms with E-state index in [1.165, 1.54) is 27.9 Å². The first-order valence-corrected chi connectivity index (χ1v) is 11.2. The van der Waals surface area contributed by atoms with Gasteiger partial charge in [-0.25, -0.2) is 5.43 Å². The van der Waals surface area contributed by atoms with Crippen LogP contribution in [0.5, 0.6) is 0 Å². The summed E-state index contributed by atoms with van der Waals surface area (Å²) in [6, 6.07) is 17.0. The van der Waals surface area contributed by atoms with Gasteiger partial charge in [-0.3, -0.25) is 4.79 Å². The number of hydrazone groups is 1. The highest BCUT2D eigenvalue weighted by Gasteiger charge is 2.11. The summed E-state index contributed by atoms with van der Waals surface area (Å²) in [5.41, 5.74) is 12.0. The van der Waals surface area contributed by atoms with Gasteiger partial charge in [0.25, 0.3) is 0 Å². The van der Waals surface area contributed by atoms with Crippen LogP contribution in [0.25, 0.3) is 5.69 Å². The van der Waals surface area contributed by atoms with Gasteiger partial charge in [-0.05, 0) is 57.9 Å². The smallest absolute Gasteiger partial charge is 0.250 e. The molecule has 156 valence electrons. The van der Waals surface area contributed by atoms with Crippen molar-refractivity contribution in [3.63, 3.8) is 0 Å². The van der Waals surface area contributed by atoms with Crippen LogP contribution < -0.4 is 5.43 Å². The van der Waals surface area contributed by atoms with E-state index in [0.29, 0.717) is 5.75 Å². The molecule has 0 fully saturated rings. The van der Waals surface area contributed by atoms with E-state index in [9.17, 15) is 4.79 Å². The molecule has 1 amide bonds. The van der Waals surface area contributed by atoms with Gasteiger partial charge in [0.05, 0.1) is 12.0 Å². The lowest BCUT2D eigenvalue weighted by Gasteiger charge is -2.13. The Kier molecular flexibility index (Phi) is 7.16. The van der Waals surface area contributed by atoms with E-state index in [-0.39, 0.29) is 5.91 Å². The maximum Gasteiger partial charge on any atom is 0.250 e. The summed E-state index contributed by atoms with van der Waals surface area (Å²) in [5.74, 6) is 1.10. The van der Waals surface area contributed by atoms with Crippen LogP contribution >= 0.6 is 11.8 Å². The number of aromatic nitrogens is 1. The largest absolute Gasteiger partial charge is 0.318 e. The van der Waals surface area contributed by atoms with Gasteiger partial charge < -0.3 is 4.57 Å². The fourth-order valence-electron chi connectivity index (χ4n) is 3.50. The number of hydrogen-bond acceptors (Lipinski definition) is 3. The van der Waals surface area contributed by atoms with Crippen molar-refractivity contribution in [3.8, 4) is 5.69 Å². The minimum atomic E-state index is -0.0912. The molecule has 1 heterocycles. The molecule has 0 saturated heterocycles. The molecule has 0 aliphatic carbocycles. The van der Waals surface area contributed by atoms with Gasteiger partial charge in [-0.2, -0.15) is 5.10 Å². The van der Waals surface area contributed by atoms with Crippen LogP contribution in [-0.4, -0.2) is 22.4 Å². The third kappa shape index (κ3) is 5.42. The first kappa shape index (κ1) is 21.9. The van der Waals surface area contributed by atoms with Gasteiger partial charge in [0.1, 0.15) is 0 Å². The Morgan fingerprint density at radius 2 is 1.70 bits per heavy atom. The highest BCUT2D eigenvalue weighted by Crippen LogP contribution is 2.23. The average Bonchev–Trinajstić information content (AvgIpc) is 2.97. The van der Waals surface area contributed by atoms with E-state index in [4.69, 9.17) is 0 Å². The van der Waals surface area contributed by atoms with Crippen molar-refractivity contribution in [2.75, 3.05) is 5.75 Å². The maximum absolute atomic E-state index is 12.1. The molecule has 0 aliphatic rings. The van der Waals surface area contributed by atoms with E-state index in [1.807, 2.05) is 0 Å². The van der Waals surface area contributed by atoms with Crippen LogP contribution in [0.4, 0.5) is 0 Å². The Balaban J connectivity index is 1.58. The number of aryl methyl sites for hydroxylation is 4. The summed E-state index contributed by atoms with van der Waals surface area (Å²) in [5, 5.41) is 4.17. The van der Waals surface area contributed by atoms with Crippen LogP contribution in [0, 0.1) is 34.6 Å². The van der Waals surface area contributed by atoms with Crippen molar-refractivity contribution in [1.82, 2.24) is 9.99 Å². The van der Waals surface area contributed by atoms with Gasteiger partial charge in [0, 0.05) is 28.4 Å². The Morgan fingerprint density at radius 1 is 1.00 bits per heavy atom. The molecule has 3 aromatic rings. The number of hydrogen-bond donors (Lipinski definition) is 1. The minimum absolute atomic E-state index is 0.0912. The predicted octanol–water partition coefficient (Wildman–Crippen LogP) is 5.40. The maximum atomic E-state index is 12.1. The number of thioether (sulfide) groups is 1. The lowest BCUT2D eigenvalue weighted by Crippen LogP contribution is -2.19. The second-order valence-electron chi connectivity index (χ2n) is 7.72. The van der Waals surface area contributed by atoms with Crippen molar-refractivity contribution in [2.24, 2.45) is 5.10 Å². The van der Waals surface area contributed by atoms with Crippen LogP contribution in [0.3, 0.4) is 0 Å². The normalized spacial score (nSPS) is 11.2. The third-order valence-electron chi connectivity index (χ3n) is 5.08. The first-order chi connectivity index (χ1) is 14.3. The SMILES string of the molecule is Cc1ccc(CSCC(=O)N/N=C\c2cc(C)n(-c3ccc(C)cc3C)c2C)cc1. The Hall–Kier alpha value is -2.79. The van der Waals surface area contributed by atoms with Crippen molar-refractivity contribution in [2.45, 2.75) is 40.4 Å². The molecule has 0 unspecified atom stereocenters. The number of carbonyl (C=O) groups excluding carboxylic acids is 1. The monoisotopic (exact) mass is 419 g/mol. The number of nitrogens with zero attached hydrogens (tertiary/aromatic N) is 2. The molecule has 2 aromatic carbocycles. The standard InChI is InChI=1S/C25H29N3OS/c1-17-6-9-22(10-7-17)15-30-16-25(29)27-26-14-23-13-20(4)28(21(23)5)24-11-8-18(2)12-19(24)3/h6-14H,15-16H2,1-5H3,(H,27,29)/b26-14-. The Morgan fingerprint density at radius 3 is 2.40 bits per heavy atom. The van der Waals surface area contributed by atoms with E-state index in [2.05, 4.69) is 98.2 Å². The third-order valence-corrected chi connectivity index (χ3v) is 6.08. The topological polar surface area (TPSA) is 46.4 Å². The molecule has 4 nitrogen and oxygen atoms in total. The molecule has 0 radical (unpaired) electrons. The van der Waals surface area contributed by atoms with Crippen molar-refractivity contribution < 1.29 is 4.79 Å². The highest BCUT2D eigenvalue weighted by atomic mass is 32.2. The van der Waals surface area contributed by atoms with Gasteiger partial charge in [-0.1, -0.05) is 47.5 Å². The number of carbonyl (C=O) groups is 1. The van der Waals surface area contributed by atoms with Gasteiger partial charge in [-0.15, -0.1) is 11.8 Å². The zero-order chi connectivity index (χ0) is 21.7. The van der Waals surface area contributed by atoms with E-state index < -0.39 is 0 Å². The van der Waals surface area contributed by atoms with Gasteiger partial charge in [0.2, 0.25) is 5.91 Å². The molecule has 1 aromatic heterocycles. The summed E-state index contributed by atoms with van der Waals surface area (Å²) < 4.78 is 2.23. The molecule has 5 heteroatoms. The number of rotatable bonds is 7. The number of nitrogens with one attached hydrogen (secondary N) is 1. The summed E-state index contributed by atoms with van der Waals surface area (Å²) >= 11 is 1.59. The van der Waals surface area contributed by atoms with Crippen LogP contribution in [0.1, 0.15) is 39.2 Å². The lowest BCUT2D eigenvalue weighted by atomic mass is 10.1. The Bertz CT molecular complexity index is 1060. The molecule has 0 atom stereocenters. The molecular weight excluding hydrogens is 390 g/mol. The van der Waals surface area contributed by atoms with Crippen LogP contribution in [0.2, 0.25) is 0 Å². The van der Waals surface area contributed by atoms with Crippen molar-refractivity contribution in [3.05, 3.63) is 87.7 Å². The molecule has 3 rings (SSSR count). The fourth-order valence-corrected chi connectivity index (χ4v) is 4.28. The van der Waals surface area contributed by atoms with Crippen molar-refractivity contribution in [1.29, 1.82) is 0 Å². The van der Waals surface area contributed by atoms with Gasteiger partial charge in [0.15, 0.2) is 0 Å². The number of amides is 1. The minimum Gasteiger partial charge on any atom is -0.318 e. The average molecular weight is 420 g/mol. The molecular formula is C25H29N3OS. The first-order valence-electron chi connectivity index (χ1n) is 10.1. The Labute approximate surface area is 183 Å². The van der Waals surface area contributed by atoms with E-state index in [0.717, 1.165) is 22.7 Å². The second-order valence-corrected chi connectivity index (χ2v) is 8.71. The van der Waals surface area contributed by atoms with E-state index >= 15 is 0 Å². The molecule has 0 saturated carbocycles. The molecule has 0 aliphatic heterocycles. The predicted molar refractivity (Wildman–Crippen MR) is 128 cm³/mol. The summed E-state index contributed by atoms with van der Waals surface area (Å²) in [6.45, 7) is 10.5. The lowest BCUT2D eigenvalue weighted by molar-refractivity contribution is -0.118.